The van der Waals surface area contributed by atoms with Crippen molar-refractivity contribution in [3.8, 4) is 16.9 Å². The number of rotatable bonds is 13. The van der Waals surface area contributed by atoms with Gasteiger partial charge in [0.1, 0.15) is 11.9 Å². The molecule has 0 saturated carbocycles. The zero-order chi connectivity index (χ0) is 29.1. The quantitative estimate of drug-likeness (QED) is 0.171. The molecule has 0 spiro atoms. The molecule has 1 unspecified atom stereocenters. The lowest BCUT2D eigenvalue weighted by Gasteiger charge is -2.21. The van der Waals surface area contributed by atoms with Crippen LogP contribution in [0.3, 0.4) is 0 Å². The molecule has 0 aliphatic rings. The van der Waals surface area contributed by atoms with Gasteiger partial charge in [-0.1, -0.05) is 56.5 Å². The third kappa shape index (κ3) is 8.86. The maximum atomic E-state index is 12.9. The summed E-state index contributed by atoms with van der Waals surface area (Å²) in [5.74, 6) is 0.00460. The van der Waals surface area contributed by atoms with E-state index < -0.39 is 11.7 Å². The molecule has 0 aromatic heterocycles. The minimum atomic E-state index is -4.37. The van der Waals surface area contributed by atoms with Crippen LogP contribution in [0.25, 0.3) is 11.1 Å². The average molecular weight is 556 g/mol. The number of benzene rings is 3. The van der Waals surface area contributed by atoms with Gasteiger partial charge in [0, 0.05) is 12.1 Å². The molecule has 3 aromatic rings. The van der Waals surface area contributed by atoms with Crippen LogP contribution in [0.1, 0.15) is 78.6 Å². The highest BCUT2D eigenvalue weighted by Gasteiger charge is 2.30. The van der Waals surface area contributed by atoms with Gasteiger partial charge in [0.15, 0.2) is 0 Å². The molecule has 40 heavy (non-hydrogen) atoms. The summed E-state index contributed by atoms with van der Waals surface area (Å²) in [4.78, 5) is 23.7. The molecule has 0 radical (unpaired) electrons. The number of ether oxygens (including phenoxy) is 2. The van der Waals surface area contributed by atoms with Crippen molar-refractivity contribution in [1.29, 1.82) is 0 Å². The predicted octanol–water partition coefficient (Wildman–Crippen LogP) is 8.06. The number of methoxy groups -OCH3 is 1. The van der Waals surface area contributed by atoms with Crippen molar-refractivity contribution >= 4 is 11.9 Å². The number of aryl methyl sites for hydroxylation is 1. The molecule has 3 aromatic carbocycles. The maximum absolute atomic E-state index is 12.9. The molecular weight excluding hydrogens is 519 g/mol. The minimum Gasteiger partial charge on any atom is -0.486 e. The van der Waals surface area contributed by atoms with Crippen LogP contribution in [0.4, 0.5) is 13.2 Å². The summed E-state index contributed by atoms with van der Waals surface area (Å²) in [7, 11) is 1.30. The normalized spacial score (nSPS) is 12.1. The lowest BCUT2D eigenvalue weighted by molar-refractivity contribution is -0.140. The van der Waals surface area contributed by atoms with Gasteiger partial charge in [0.25, 0.3) is 5.91 Å². The van der Waals surface area contributed by atoms with Crippen molar-refractivity contribution in [1.82, 2.24) is 5.32 Å². The molecule has 8 heteroatoms. The number of unbranched alkanes of at least 4 members (excludes halogenated alkanes) is 3. The zero-order valence-electron chi connectivity index (χ0n) is 23.1. The zero-order valence-corrected chi connectivity index (χ0v) is 23.1. The average Bonchev–Trinajstić information content (AvgIpc) is 2.94. The SMILES string of the molecule is CCCCCCC(Oc1ccc(-c2ccc(C(F)(F)F)cc2)c(C)c1)c1ccc(C(=O)NCCC(=O)OC)cc1. The maximum Gasteiger partial charge on any atom is 0.416 e. The largest absolute Gasteiger partial charge is 0.486 e. The van der Waals surface area contributed by atoms with E-state index in [2.05, 4.69) is 17.0 Å². The number of amides is 1. The second-order valence-electron chi connectivity index (χ2n) is 9.71. The summed E-state index contributed by atoms with van der Waals surface area (Å²) in [6.45, 7) is 4.26. The van der Waals surface area contributed by atoms with Gasteiger partial charge in [-0.2, -0.15) is 13.2 Å². The summed E-state index contributed by atoms with van der Waals surface area (Å²) in [6.07, 6.45) is 0.623. The fourth-order valence-electron chi connectivity index (χ4n) is 4.42. The van der Waals surface area contributed by atoms with Crippen LogP contribution in [0.2, 0.25) is 0 Å². The highest BCUT2D eigenvalue weighted by atomic mass is 19.4. The Morgan fingerprint density at radius 3 is 2.23 bits per heavy atom. The number of alkyl halides is 3. The van der Waals surface area contributed by atoms with E-state index >= 15 is 0 Å². The van der Waals surface area contributed by atoms with Gasteiger partial charge in [-0.3, -0.25) is 9.59 Å². The third-order valence-electron chi connectivity index (χ3n) is 6.71. The topological polar surface area (TPSA) is 64.6 Å². The van der Waals surface area contributed by atoms with Crippen molar-refractivity contribution < 1.29 is 32.2 Å². The Labute approximate surface area is 233 Å². The van der Waals surface area contributed by atoms with E-state index in [9.17, 15) is 22.8 Å². The van der Waals surface area contributed by atoms with E-state index in [1.54, 1.807) is 12.1 Å². The predicted molar refractivity (Wildman–Crippen MR) is 149 cm³/mol. The number of carbonyl (C=O) groups is 2. The Hall–Kier alpha value is -3.81. The summed E-state index contributed by atoms with van der Waals surface area (Å²) < 4.78 is 49.8. The van der Waals surface area contributed by atoms with E-state index in [1.807, 2.05) is 37.3 Å². The molecule has 1 atom stereocenters. The highest BCUT2D eigenvalue weighted by molar-refractivity contribution is 5.94. The first kappa shape index (κ1) is 30.7. The second-order valence-corrected chi connectivity index (χ2v) is 9.71. The third-order valence-corrected chi connectivity index (χ3v) is 6.71. The Morgan fingerprint density at radius 2 is 1.62 bits per heavy atom. The van der Waals surface area contributed by atoms with E-state index in [-0.39, 0.29) is 30.9 Å². The lowest BCUT2D eigenvalue weighted by Crippen LogP contribution is -2.26. The van der Waals surface area contributed by atoms with Crippen molar-refractivity contribution in [2.24, 2.45) is 0 Å². The highest BCUT2D eigenvalue weighted by Crippen LogP contribution is 2.34. The molecule has 0 aliphatic carbocycles. The van der Waals surface area contributed by atoms with Gasteiger partial charge in [-0.15, -0.1) is 0 Å². The molecule has 0 heterocycles. The van der Waals surface area contributed by atoms with Crippen molar-refractivity contribution in [3.05, 3.63) is 89.0 Å². The van der Waals surface area contributed by atoms with Crippen molar-refractivity contribution in [2.45, 2.75) is 64.7 Å². The summed E-state index contributed by atoms with van der Waals surface area (Å²) in [6, 6.07) is 18.0. The lowest BCUT2D eigenvalue weighted by atomic mass is 9.98. The van der Waals surface area contributed by atoms with Gasteiger partial charge < -0.3 is 14.8 Å². The van der Waals surface area contributed by atoms with E-state index in [4.69, 9.17) is 4.74 Å². The van der Waals surface area contributed by atoms with Crippen LogP contribution in [-0.4, -0.2) is 25.5 Å². The van der Waals surface area contributed by atoms with Crippen LogP contribution in [0.5, 0.6) is 5.75 Å². The van der Waals surface area contributed by atoms with Crippen molar-refractivity contribution in [2.75, 3.05) is 13.7 Å². The van der Waals surface area contributed by atoms with Crippen molar-refractivity contribution in [3.63, 3.8) is 0 Å². The minimum absolute atomic E-state index is 0.102. The molecule has 3 rings (SSSR count). The number of hydrogen-bond donors (Lipinski definition) is 1. The van der Waals surface area contributed by atoms with Crippen LogP contribution < -0.4 is 10.1 Å². The van der Waals surface area contributed by atoms with E-state index in [0.717, 1.165) is 60.9 Å². The van der Waals surface area contributed by atoms with Gasteiger partial charge >= 0.3 is 12.1 Å². The number of nitrogens with one attached hydrogen (secondary N) is 1. The fraction of sp³-hybridized carbons (Fsp3) is 0.375. The van der Waals surface area contributed by atoms with Gasteiger partial charge in [0.05, 0.1) is 19.1 Å². The van der Waals surface area contributed by atoms with Crippen LogP contribution in [-0.2, 0) is 15.7 Å². The molecule has 0 fully saturated rings. The number of halogens is 3. The molecule has 0 bridgehead atoms. The monoisotopic (exact) mass is 555 g/mol. The Kier molecular flexibility index (Phi) is 11.2. The van der Waals surface area contributed by atoms with Gasteiger partial charge in [-0.05, 0) is 78.4 Å². The molecule has 214 valence electrons. The molecular formula is C32H36F3NO4. The van der Waals surface area contributed by atoms with Crippen LogP contribution in [0, 0.1) is 6.92 Å². The Morgan fingerprint density at radius 1 is 0.925 bits per heavy atom. The number of carbonyl (C=O) groups excluding carboxylic acids is 2. The van der Waals surface area contributed by atoms with Crippen LogP contribution >= 0.6 is 0 Å². The molecule has 0 aliphatic heterocycles. The molecule has 5 nitrogen and oxygen atoms in total. The summed E-state index contributed by atoms with van der Waals surface area (Å²) in [5, 5.41) is 2.71. The number of esters is 1. The first-order chi connectivity index (χ1) is 19.1. The van der Waals surface area contributed by atoms with E-state index in [1.165, 1.54) is 19.2 Å². The summed E-state index contributed by atoms with van der Waals surface area (Å²) in [5.41, 5.74) is 3.17. The van der Waals surface area contributed by atoms with Crippen LogP contribution in [0.15, 0.2) is 66.7 Å². The fourth-order valence-corrected chi connectivity index (χ4v) is 4.42. The molecule has 1 amide bonds. The standard InChI is InChI=1S/C32H36F3NO4/c1-4-5-6-7-8-29(24-9-11-25(12-10-24)31(38)36-20-19-30(37)39-3)40-27-17-18-28(22(2)21-27)23-13-15-26(16-14-23)32(33,34)35/h9-18,21,29H,4-8,19-20H2,1-3H3,(H,36,38). The molecule has 0 saturated heterocycles. The Bertz CT molecular complexity index is 1250. The molecule has 1 N–H and O–H groups in total. The first-order valence-corrected chi connectivity index (χ1v) is 13.5. The number of hydrogen-bond acceptors (Lipinski definition) is 4. The smallest absolute Gasteiger partial charge is 0.416 e. The van der Waals surface area contributed by atoms with E-state index in [0.29, 0.717) is 16.9 Å². The summed E-state index contributed by atoms with van der Waals surface area (Å²) >= 11 is 0. The van der Waals surface area contributed by atoms with Gasteiger partial charge in [-0.25, -0.2) is 0 Å². The first-order valence-electron chi connectivity index (χ1n) is 13.5. The van der Waals surface area contributed by atoms with Gasteiger partial charge in [0.2, 0.25) is 0 Å². The second kappa shape index (κ2) is 14.5. The Balaban J connectivity index is 1.73.